The van der Waals surface area contributed by atoms with Crippen molar-refractivity contribution < 1.29 is 27.6 Å². The molecule has 338 valence electrons. The van der Waals surface area contributed by atoms with Crippen molar-refractivity contribution in [2.24, 2.45) is 5.92 Å². The first-order valence-electron chi connectivity index (χ1n) is 22.3. The van der Waals surface area contributed by atoms with Crippen molar-refractivity contribution in [1.82, 2.24) is 19.6 Å². The summed E-state index contributed by atoms with van der Waals surface area (Å²) in [5, 5.41) is 16.0. The Morgan fingerprint density at radius 1 is 0.938 bits per heavy atom. The van der Waals surface area contributed by atoms with Crippen LogP contribution in [-0.2, 0) is 14.8 Å². The zero-order valence-corrected chi connectivity index (χ0v) is 37.4. The Labute approximate surface area is 379 Å². The first-order valence-corrected chi connectivity index (χ1v) is 23.8. The van der Waals surface area contributed by atoms with Gasteiger partial charge in [-0.15, -0.1) is 0 Å². The quantitative estimate of drug-likeness (QED) is 0.0702. The molecule has 0 aliphatic carbocycles. The third kappa shape index (κ3) is 9.65. The fourth-order valence-electron chi connectivity index (χ4n) is 9.39. The van der Waals surface area contributed by atoms with E-state index in [4.69, 9.17) is 9.47 Å². The number of carbonyl (C=O) groups excluding carboxylic acids is 1. The van der Waals surface area contributed by atoms with Crippen LogP contribution in [0.5, 0.6) is 11.5 Å². The second-order valence-electron chi connectivity index (χ2n) is 17.4. The number of H-pyrrole nitrogens is 1. The van der Waals surface area contributed by atoms with E-state index in [0.29, 0.717) is 37.2 Å². The fraction of sp³-hybridized carbons (Fsp3) is 0.347. The van der Waals surface area contributed by atoms with Gasteiger partial charge >= 0.3 is 0 Å². The predicted octanol–water partition coefficient (Wildman–Crippen LogP) is 8.76. The van der Waals surface area contributed by atoms with Crippen molar-refractivity contribution >= 4 is 49.7 Å². The lowest BCUT2D eigenvalue weighted by molar-refractivity contribution is -0.384. The molecule has 4 aromatic carbocycles. The number of benzene rings is 4. The Balaban J connectivity index is 0.969. The molecule has 9 rings (SSSR count). The number of pyridine rings is 1. The van der Waals surface area contributed by atoms with Crippen LogP contribution in [0.3, 0.4) is 0 Å². The van der Waals surface area contributed by atoms with Crippen LogP contribution in [0.1, 0.15) is 60.5 Å². The number of carbonyl (C=O) groups is 1. The van der Waals surface area contributed by atoms with E-state index in [2.05, 4.69) is 97.3 Å². The molecule has 2 aromatic heterocycles. The molecule has 0 radical (unpaired) electrons. The summed E-state index contributed by atoms with van der Waals surface area (Å²) >= 11 is 0. The number of piperidine rings is 1. The molecule has 3 aliphatic heterocycles. The number of nitrogens with zero attached hydrogens (tertiary/aromatic N) is 5. The Kier molecular flexibility index (Phi) is 12.7. The number of anilines is 3. The van der Waals surface area contributed by atoms with Crippen molar-refractivity contribution in [2.75, 3.05) is 68.6 Å². The topological polar surface area (TPSA) is 175 Å². The number of fused-ring (bicyclic) bond motifs is 1. The summed E-state index contributed by atoms with van der Waals surface area (Å²) in [6, 6.07) is 30.1. The number of amides is 1. The van der Waals surface area contributed by atoms with E-state index in [1.165, 1.54) is 48.5 Å². The van der Waals surface area contributed by atoms with Crippen molar-refractivity contribution in [1.29, 1.82) is 0 Å². The van der Waals surface area contributed by atoms with Gasteiger partial charge in [-0.3, -0.25) is 14.9 Å². The zero-order chi connectivity index (χ0) is 45.1. The highest BCUT2D eigenvalue weighted by Gasteiger charge is 2.32. The van der Waals surface area contributed by atoms with Crippen LogP contribution in [0.4, 0.5) is 22.7 Å². The number of likely N-dealkylation sites (N-methyl/N-ethyl adjacent to an activating group) is 1. The fourth-order valence-corrected chi connectivity index (χ4v) is 10.4. The molecule has 3 N–H and O–H groups in total. The van der Waals surface area contributed by atoms with Crippen LogP contribution < -0.4 is 24.6 Å². The predicted molar refractivity (Wildman–Crippen MR) is 253 cm³/mol. The number of sulfonamides is 1. The smallest absolute Gasteiger partial charge is 0.293 e. The van der Waals surface area contributed by atoms with Crippen LogP contribution in [0.25, 0.3) is 22.2 Å². The summed E-state index contributed by atoms with van der Waals surface area (Å²) in [5.41, 5.74) is 5.76. The van der Waals surface area contributed by atoms with Gasteiger partial charge in [-0.25, -0.2) is 18.1 Å². The van der Waals surface area contributed by atoms with E-state index in [1.807, 2.05) is 6.07 Å². The molecule has 16 heteroatoms. The first kappa shape index (κ1) is 43.7. The van der Waals surface area contributed by atoms with E-state index in [1.54, 1.807) is 24.4 Å². The largest absolute Gasteiger partial charge is 0.455 e. The normalized spacial score (nSPS) is 18.3. The monoisotopic (exact) mass is 898 g/mol. The molecule has 1 unspecified atom stereocenters. The molecule has 0 saturated carbocycles. The summed E-state index contributed by atoms with van der Waals surface area (Å²) in [5.74, 6) is -0.265. The third-order valence-electron chi connectivity index (χ3n) is 13.0. The van der Waals surface area contributed by atoms with Gasteiger partial charge in [0.25, 0.3) is 21.6 Å². The Bertz CT molecular complexity index is 2790. The van der Waals surface area contributed by atoms with Gasteiger partial charge in [0, 0.05) is 74.5 Å². The van der Waals surface area contributed by atoms with Gasteiger partial charge in [0.15, 0.2) is 0 Å². The maximum absolute atomic E-state index is 14.0. The molecule has 3 saturated heterocycles. The van der Waals surface area contributed by atoms with Gasteiger partial charge in [-0.1, -0.05) is 36.4 Å². The Hall–Kier alpha value is -6.49. The first-order chi connectivity index (χ1) is 31.5. The van der Waals surface area contributed by atoms with Gasteiger partial charge in [-0.2, -0.15) is 0 Å². The van der Waals surface area contributed by atoms with E-state index in [-0.39, 0.29) is 29.0 Å². The second-order valence-corrected chi connectivity index (χ2v) is 19.1. The van der Waals surface area contributed by atoms with Crippen molar-refractivity contribution in [3.8, 4) is 22.6 Å². The lowest BCUT2D eigenvalue weighted by atomic mass is 9.97. The standard InChI is InChI=1S/C49H54N8O7S/c1-54(2)38-7-5-23-55(32-38)44-9-4-3-8-41(44)45-10-6-24-56(45)37-14-11-34(12-15-37)35-13-17-42(47(28-35)64-39-27-36-19-22-50-48(36)52-31-39)49(58)53-65(61,62)40-16-18-43(46(29-40)57(59)60)51-30-33-20-25-63-26-21-33/h3-4,8-9,11-19,22,27-29,31,33,38,45,51H,5-7,10,20-21,23-26,30,32H2,1-2H3,(H,50,52)(H,53,58)/t38?,45-/m0/s1. The van der Waals surface area contributed by atoms with Gasteiger partial charge in [-0.05, 0) is 130 Å². The van der Waals surface area contributed by atoms with Crippen molar-refractivity contribution in [3.63, 3.8) is 0 Å². The van der Waals surface area contributed by atoms with Crippen LogP contribution >= 0.6 is 0 Å². The number of nitro benzene ring substituents is 1. The minimum absolute atomic E-state index is 0.0588. The SMILES string of the molecule is CN(C)C1CCCN(c2ccccc2[C@@H]2CCCN2c2ccc(-c3ccc(C(=O)NS(=O)(=O)c4ccc(NCC5CCOCC5)c([N+](=O)[O-])c4)c(Oc4cnc5[nH]ccc5c4)c3)cc2)C1. The molecule has 0 spiro atoms. The van der Waals surface area contributed by atoms with E-state index >= 15 is 0 Å². The lowest BCUT2D eigenvalue weighted by Gasteiger charge is -2.39. The molecule has 3 aliphatic rings. The molecular weight excluding hydrogens is 845 g/mol. The summed E-state index contributed by atoms with van der Waals surface area (Å²) in [4.78, 5) is 39.9. The molecule has 5 heterocycles. The minimum Gasteiger partial charge on any atom is -0.455 e. The second kappa shape index (κ2) is 18.9. The summed E-state index contributed by atoms with van der Waals surface area (Å²) < 4.78 is 41.3. The maximum Gasteiger partial charge on any atom is 0.293 e. The van der Waals surface area contributed by atoms with Crippen molar-refractivity contribution in [3.05, 3.63) is 131 Å². The van der Waals surface area contributed by atoms with E-state index < -0.39 is 31.4 Å². The van der Waals surface area contributed by atoms with Crippen LogP contribution in [0.2, 0.25) is 0 Å². The van der Waals surface area contributed by atoms with Crippen LogP contribution in [-0.4, -0.2) is 93.6 Å². The molecule has 0 bridgehead atoms. The van der Waals surface area contributed by atoms with Crippen LogP contribution in [0.15, 0.2) is 114 Å². The van der Waals surface area contributed by atoms with Gasteiger partial charge in [0.05, 0.1) is 27.6 Å². The lowest BCUT2D eigenvalue weighted by Crippen LogP contribution is -2.45. The third-order valence-corrected chi connectivity index (χ3v) is 14.3. The molecule has 2 atom stereocenters. The number of nitrogens with one attached hydrogen (secondary N) is 3. The number of ether oxygens (including phenoxy) is 2. The number of para-hydroxylation sites is 1. The maximum atomic E-state index is 14.0. The summed E-state index contributed by atoms with van der Waals surface area (Å²) in [7, 11) is -0.232. The number of hydrogen-bond donors (Lipinski definition) is 3. The average molecular weight is 899 g/mol. The zero-order valence-electron chi connectivity index (χ0n) is 36.6. The highest BCUT2D eigenvalue weighted by molar-refractivity contribution is 7.90. The Morgan fingerprint density at radius 3 is 2.52 bits per heavy atom. The molecule has 1 amide bonds. The number of nitro groups is 1. The van der Waals surface area contributed by atoms with Gasteiger partial charge < -0.3 is 34.5 Å². The van der Waals surface area contributed by atoms with Crippen LogP contribution in [0, 0.1) is 16.0 Å². The number of hydrogen-bond acceptors (Lipinski definition) is 12. The molecule has 15 nitrogen and oxygen atoms in total. The number of aromatic nitrogens is 2. The van der Waals surface area contributed by atoms with Gasteiger partial charge in [0.1, 0.15) is 22.8 Å². The number of rotatable bonds is 14. The summed E-state index contributed by atoms with van der Waals surface area (Å²) in [6.45, 7) is 4.73. The Morgan fingerprint density at radius 2 is 1.72 bits per heavy atom. The highest BCUT2D eigenvalue weighted by atomic mass is 32.2. The summed E-state index contributed by atoms with van der Waals surface area (Å²) in [6.07, 6.45) is 9.44. The van der Waals surface area contributed by atoms with Crippen molar-refractivity contribution in [2.45, 2.75) is 55.5 Å². The van der Waals surface area contributed by atoms with E-state index in [9.17, 15) is 23.3 Å². The minimum atomic E-state index is -4.57. The average Bonchev–Trinajstić information content (AvgIpc) is 4.01. The molecule has 3 fully saturated rings. The number of aromatic amines is 1. The highest BCUT2D eigenvalue weighted by Crippen LogP contribution is 2.42. The molecular formula is C49H54N8O7S. The molecule has 65 heavy (non-hydrogen) atoms. The van der Waals surface area contributed by atoms with Gasteiger partial charge in [0.2, 0.25) is 0 Å². The van der Waals surface area contributed by atoms with E-state index in [0.717, 1.165) is 73.6 Å². The molecule has 6 aromatic rings.